The Hall–Kier alpha value is -0.720. The summed E-state index contributed by atoms with van der Waals surface area (Å²) in [5, 5.41) is 4.40. The second-order valence-corrected chi connectivity index (χ2v) is 9.11. The molecule has 2 fully saturated rings. The van der Waals surface area contributed by atoms with Crippen molar-refractivity contribution >= 4 is 10.8 Å². The molecule has 2 saturated heterocycles. The highest BCUT2D eigenvalue weighted by Crippen LogP contribution is 2.36. The monoisotopic (exact) mass is 353 g/mol. The molecule has 0 amide bonds. The molecule has 0 radical (unpaired) electrons. The Morgan fingerprint density at radius 2 is 2.17 bits per heavy atom. The molecule has 2 aliphatic heterocycles. The maximum Gasteiger partial charge on any atom is 0.0896 e. The van der Waals surface area contributed by atoms with E-state index in [-0.39, 0.29) is 10.9 Å². The predicted molar refractivity (Wildman–Crippen MR) is 97.5 cm³/mol. The largest absolute Gasteiger partial charge is 0.373 e. The van der Waals surface area contributed by atoms with E-state index < -0.39 is 10.8 Å². The first-order chi connectivity index (χ1) is 11.6. The first-order valence-corrected chi connectivity index (χ1v) is 10.7. The summed E-state index contributed by atoms with van der Waals surface area (Å²) in [6.45, 7) is 11.2. The minimum atomic E-state index is -0.689. The van der Waals surface area contributed by atoms with Crippen LogP contribution in [-0.2, 0) is 22.1 Å². The molecular formula is C18H31N3O2S. The van der Waals surface area contributed by atoms with Crippen LogP contribution in [0, 0.1) is 5.92 Å². The van der Waals surface area contributed by atoms with Gasteiger partial charge in [0.2, 0.25) is 0 Å². The minimum Gasteiger partial charge on any atom is -0.373 e. The summed E-state index contributed by atoms with van der Waals surface area (Å²) in [4.78, 5) is 2.53. The van der Waals surface area contributed by atoms with E-state index in [0.717, 1.165) is 57.8 Å². The van der Waals surface area contributed by atoms with Crippen molar-refractivity contribution in [2.24, 2.45) is 5.92 Å². The van der Waals surface area contributed by atoms with E-state index in [1.165, 1.54) is 5.56 Å². The highest BCUT2D eigenvalue weighted by Gasteiger charge is 2.40. The highest BCUT2D eigenvalue weighted by molar-refractivity contribution is 7.86. The second kappa shape index (κ2) is 7.67. The molecule has 2 aliphatic rings. The number of rotatable bonds is 6. The molecule has 6 heteroatoms. The van der Waals surface area contributed by atoms with Gasteiger partial charge in [0.25, 0.3) is 0 Å². The first-order valence-electron chi connectivity index (χ1n) is 9.36. The molecule has 1 aromatic rings. The van der Waals surface area contributed by atoms with Crippen molar-refractivity contribution in [3.63, 3.8) is 0 Å². The van der Waals surface area contributed by atoms with E-state index >= 15 is 0 Å². The van der Waals surface area contributed by atoms with Crippen molar-refractivity contribution in [2.45, 2.75) is 57.4 Å². The van der Waals surface area contributed by atoms with Gasteiger partial charge in [-0.05, 0) is 26.2 Å². The molecule has 5 nitrogen and oxygen atoms in total. The number of hydrogen-bond acceptors (Lipinski definition) is 4. The molecule has 0 spiro atoms. The number of hydrogen-bond donors (Lipinski definition) is 0. The molecule has 1 unspecified atom stereocenters. The summed E-state index contributed by atoms with van der Waals surface area (Å²) in [6, 6.07) is 0. The molecular weight excluding hydrogens is 322 g/mol. The van der Waals surface area contributed by atoms with Gasteiger partial charge in [0, 0.05) is 67.0 Å². The maximum atomic E-state index is 12.5. The van der Waals surface area contributed by atoms with Crippen LogP contribution in [0.15, 0.2) is 12.4 Å². The maximum absolute atomic E-state index is 12.5. The summed E-state index contributed by atoms with van der Waals surface area (Å²) < 4.78 is 20.5. The van der Waals surface area contributed by atoms with Gasteiger partial charge in [-0.3, -0.25) is 8.89 Å². The van der Waals surface area contributed by atoms with Crippen molar-refractivity contribution < 1.29 is 8.95 Å². The average Bonchev–Trinajstić information content (AvgIpc) is 3.25. The number of aryl methyl sites for hydroxylation is 1. The van der Waals surface area contributed by atoms with Gasteiger partial charge in [-0.2, -0.15) is 5.10 Å². The van der Waals surface area contributed by atoms with Crippen molar-refractivity contribution in [2.75, 3.05) is 32.0 Å². The van der Waals surface area contributed by atoms with Crippen LogP contribution in [0.1, 0.15) is 51.7 Å². The molecule has 3 rings (SSSR count). The quantitative estimate of drug-likeness (QED) is 0.789. The number of nitrogens with zero attached hydrogens (tertiary/aromatic N) is 3. The first kappa shape index (κ1) is 18.1. The van der Waals surface area contributed by atoms with Crippen molar-refractivity contribution in [3.05, 3.63) is 18.0 Å². The Balaban J connectivity index is 1.67. The zero-order valence-corrected chi connectivity index (χ0v) is 16.1. The lowest BCUT2D eigenvalue weighted by Crippen LogP contribution is -2.54. The Bertz CT molecular complexity index is 570. The third-order valence-corrected chi connectivity index (χ3v) is 8.11. The van der Waals surface area contributed by atoms with Gasteiger partial charge in [0.05, 0.1) is 17.0 Å². The molecule has 136 valence electrons. The summed E-state index contributed by atoms with van der Waals surface area (Å²) in [6.07, 6.45) is 7.35. The molecule has 0 bridgehead atoms. The minimum absolute atomic E-state index is 0.0136. The summed E-state index contributed by atoms with van der Waals surface area (Å²) in [5.74, 6) is 1.32. The third kappa shape index (κ3) is 3.46. The normalized spacial score (nSPS) is 30.7. The van der Waals surface area contributed by atoms with E-state index in [1.807, 2.05) is 10.9 Å². The lowest BCUT2D eigenvalue weighted by atomic mass is 9.95. The molecule has 0 N–H and O–H groups in total. The van der Waals surface area contributed by atoms with Gasteiger partial charge in [-0.1, -0.05) is 13.8 Å². The van der Waals surface area contributed by atoms with Crippen LogP contribution >= 0.6 is 0 Å². The van der Waals surface area contributed by atoms with Crippen LogP contribution in [0.5, 0.6) is 0 Å². The highest BCUT2D eigenvalue weighted by atomic mass is 32.2. The van der Waals surface area contributed by atoms with Crippen LogP contribution < -0.4 is 0 Å². The summed E-state index contributed by atoms with van der Waals surface area (Å²) in [7, 11) is -0.689. The number of aromatic nitrogens is 2. The zero-order chi connectivity index (χ0) is 17.2. The van der Waals surface area contributed by atoms with Crippen LogP contribution in [0.4, 0.5) is 0 Å². The lowest BCUT2D eigenvalue weighted by Gasteiger charge is -2.42. The Labute approximate surface area is 148 Å². The van der Waals surface area contributed by atoms with Crippen LogP contribution in [0.3, 0.4) is 0 Å². The zero-order valence-electron chi connectivity index (χ0n) is 15.2. The van der Waals surface area contributed by atoms with E-state index in [1.54, 1.807) is 0 Å². The van der Waals surface area contributed by atoms with Crippen LogP contribution in [-0.4, -0.2) is 55.6 Å². The molecule has 1 aromatic heterocycles. The predicted octanol–water partition coefficient (Wildman–Crippen LogP) is 2.60. The summed E-state index contributed by atoms with van der Waals surface area (Å²) in [5.41, 5.74) is 1.21. The fourth-order valence-corrected chi connectivity index (χ4v) is 5.99. The van der Waals surface area contributed by atoms with Gasteiger partial charge >= 0.3 is 0 Å². The third-order valence-electron chi connectivity index (χ3n) is 5.89. The fraction of sp³-hybridized carbons (Fsp3) is 0.833. The molecule has 0 aromatic carbocycles. The van der Waals surface area contributed by atoms with Crippen molar-refractivity contribution in [1.29, 1.82) is 0 Å². The van der Waals surface area contributed by atoms with E-state index in [2.05, 4.69) is 37.0 Å². The van der Waals surface area contributed by atoms with Gasteiger partial charge in [0.1, 0.15) is 0 Å². The average molecular weight is 354 g/mol. The van der Waals surface area contributed by atoms with Crippen molar-refractivity contribution in [1.82, 2.24) is 14.7 Å². The lowest BCUT2D eigenvalue weighted by molar-refractivity contribution is 0.0761. The molecule has 0 saturated carbocycles. The van der Waals surface area contributed by atoms with Crippen molar-refractivity contribution in [3.8, 4) is 0 Å². The van der Waals surface area contributed by atoms with E-state index in [9.17, 15) is 4.21 Å². The molecule has 0 aliphatic carbocycles. The standard InChI is InChI=1S/C18H31N3O2S/c1-4-18(5-2)14-20(8-10-24(18)22)12-15-7-9-23-17(15)16-11-19-21(6-3)13-16/h11,13,15,17H,4-10,12,14H2,1-3H3/t15-,17+,24?/m0/s1. The SMILES string of the molecule is CCn1cc([C@@H]2OCC[C@H]2CN2CCS(=O)C(CC)(CC)C2)cn1. The van der Waals surface area contributed by atoms with Gasteiger partial charge in [-0.25, -0.2) is 0 Å². The smallest absolute Gasteiger partial charge is 0.0896 e. The number of ether oxygens (including phenoxy) is 1. The molecule has 24 heavy (non-hydrogen) atoms. The second-order valence-electron chi connectivity index (χ2n) is 7.14. The van der Waals surface area contributed by atoms with E-state index in [4.69, 9.17) is 4.74 Å². The molecule has 3 heterocycles. The van der Waals surface area contributed by atoms with Crippen LogP contribution in [0.2, 0.25) is 0 Å². The topological polar surface area (TPSA) is 47.4 Å². The van der Waals surface area contributed by atoms with E-state index in [0.29, 0.717) is 5.92 Å². The Morgan fingerprint density at radius 1 is 1.38 bits per heavy atom. The van der Waals surface area contributed by atoms with Gasteiger partial charge < -0.3 is 9.64 Å². The summed E-state index contributed by atoms with van der Waals surface area (Å²) >= 11 is 0. The van der Waals surface area contributed by atoms with Gasteiger partial charge in [0.15, 0.2) is 0 Å². The Morgan fingerprint density at radius 3 is 2.83 bits per heavy atom. The van der Waals surface area contributed by atoms with Crippen LogP contribution in [0.25, 0.3) is 0 Å². The van der Waals surface area contributed by atoms with Gasteiger partial charge in [-0.15, -0.1) is 0 Å². The fourth-order valence-electron chi connectivity index (χ4n) is 4.16. The molecule has 3 atom stereocenters. The Kier molecular flexibility index (Phi) is 5.78.